The number of ether oxygens (including phenoxy) is 3. The van der Waals surface area contributed by atoms with Gasteiger partial charge in [-0.05, 0) is 18.1 Å². The van der Waals surface area contributed by atoms with Crippen molar-refractivity contribution in [2.75, 3.05) is 7.11 Å². The van der Waals surface area contributed by atoms with Crippen molar-refractivity contribution in [2.45, 2.75) is 51.7 Å². The van der Waals surface area contributed by atoms with Crippen molar-refractivity contribution in [1.29, 1.82) is 0 Å². The maximum absolute atomic E-state index is 12.8. The summed E-state index contributed by atoms with van der Waals surface area (Å²) in [5.74, 6) is -1.59. The smallest absolute Gasteiger partial charge is 0.328 e. The fraction of sp³-hybridized carbons (Fsp3) is 0.391. The maximum Gasteiger partial charge on any atom is 0.328 e. The van der Waals surface area contributed by atoms with Crippen LogP contribution in [0.3, 0.4) is 0 Å². The first-order valence-corrected chi connectivity index (χ1v) is 10.2. The highest BCUT2D eigenvalue weighted by molar-refractivity contribution is 5.98. The Kier molecular flexibility index (Phi) is 6.89. The summed E-state index contributed by atoms with van der Waals surface area (Å²) < 4.78 is 16.1. The molecule has 0 fully saturated rings. The third-order valence-corrected chi connectivity index (χ3v) is 5.30. The van der Waals surface area contributed by atoms with Gasteiger partial charge in [0.25, 0.3) is 5.91 Å². The van der Waals surface area contributed by atoms with Crippen molar-refractivity contribution >= 4 is 17.8 Å². The number of pyridine rings is 1. The largest absolute Gasteiger partial charge is 0.493 e. The number of benzene rings is 1. The Bertz CT molecular complexity index is 990. The molecule has 0 spiro atoms. The number of aromatic nitrogens is 1. The molecule has 1 aromatic heterocycles. The Morgan fingerprint density at radius 1 is 1.23 bits per heavy atom. The van der Waals surface area contributed by atoms with Gasteiger partial charge >= 0.3 is 11.9 Å². The van der Waals surface area contributed by atoms with Crippen molar-refractivity contribution in [2.24, 2.45) is 0 Å². The van der Waals surface area contributed by atoms with Crippen LogP contribution in [0.2, 0.25) is 0 Å². The normalized spacial score (nSPS) is 17.9. The van der Waals surface area contributed by atoms with E-state index in [1.54, 1.807) is 6.92 Å². The Hall–Kier alpha value is -3.42. The first-order valence-electron chi connectivity index (χ1n) is 10.2. The lowest BCUT2D eigenvalue weighted by Crippen LogP contribution is -2.41. The number of methoxy groups -OCH3 is 1. The van der Waals surface area contributed by atoms with E-state index in [2.05, 4.69) is 10.3 Å². The van der Waals surface area contributed by atoms with Gasteiger partial charge in [0.2, 0.25) is 5.75 Å². The molecule has 3 atom stereocenters. The minimum absolute atomic E-state index is 0.0724. The van der Waals surface area contributed by atoms with Gasteiger partial charge in [-0.25, -0.2) is 9.78 Å². The van der Waals surface area contributed by atoms with Crippen LogP contribution in [0.1, 0.15) is 54.7 Å². The highest BCUT2D eigenvalue weighted by Gasteiger charge is 2.33. The molecule has 1 N–H and O–H groups in total. The number of rotatable bonds is 7. The molecule has 1 aliphatic carbocycles. The highest BCUT2D eigenvalue weighted by Crippen LogP contribution is 2.35. The van der Waals surface area contributed by atoms with E-state index in [0.29, 0.717) is 6.42 Å². The lowest BCUT2D eigenvalue weighted by Gasteiger charge is -2.20. The number of hydrogen-bond acceptors (Lipinski definition) is 7. The third-order valence-electron chi connectivity index (χ3n) is 5.30. The Morgan fingerprint density at radius 2 is 1.97 bits per heavy atom. The summed E-state index contributed by atoms with van der Waals surface area (Å²) in [5.41, 5.74) is 2.18. The fourth-order valence-electron chi connectivity index (χ4n) is 3.51. The molecule has 164 valence electrons. The second-order valence-corrected chi connectivity index (χ2v) is 7.38. The van der Waals surface area contributed by atoms with Crippen molar-refractivity contribution in [3.8, 4) is 11.5 Å². The van der Waals surface area contributed by atoms with Gasteiger partial charge in [0.05, 0.1) is 7.11 Å². The lowest BCUT2D eigenvalue weighted by atomic mass is 10.0. The number of amides is 1. The van der Waals surface area contributed by atoms with Crippen LogP contribution in [0.4, 0.5) is 0 Å². The predicted molar refractivity (Wildman–Crippen MR) is 112 cm³/mol. The summed E-state index contributed by atoms with van der Waals surface area (Å²) in [6.45, 7) is 5.18. The van der Waals surface area contributed by atoms with Gasteiger partial charge in [-0.3, -0.25) is 9.59 Å². The van der Waals surface area contributed by atoms with Crippen molar-refractivity contribution < 1.29 is 28.6 Å². The molecule has 1 aromatic carbocycles. The van der Waals surface area contributed by atoms with E-state index in [0.717, 1.165) is 5.56 Å². The summed E-state index contributed by atoms with van der Waals surface area (Å²) in [6, 6.07) is 8.54. The number of nitrogens with zero attached hydrogens (tertiary/aromatic N) is 1. The summed E-state index contributed by atoms with van der Waals surface area (Å²) in [7, 11) is 1.39. The van der Waals surface area contributed by atoms with Crippen LogP contribution < -0.4 is 14.8 Å². The monoisotopic (exact) mass is 426 g/mol. The predicted octanol–water partition coefficient (Wildman–Crippen LogP) is 2.80. The minimum atomic E-state index is -0.925. The van der Waals surface area contributed by atoms with E-state index in [1.807, 2.05) is 31.2 Å². The molecule has 2 aromatic rings. The van der Waals surface area contributed by atoms with Gasteiger partial charge in [0, 0.05) is 31.0 Å². The molecule has 8 nitrogen and oxygen atoms in total. The molecule has 0 unspecified atom stereocenters. The molecule has 31 heavy (non-hydrogen) atoms. The number of esters is 2. The van der Waals surface area contributed by atoms with Gasteiger partial charge in [-0.1, -0.05) is 38.1 Å². The standard InChI is InChI=1S/C23H26N2O6/c1-5-19(26)31-21-17(29-4)10-11-24-20(21)22(27)25-14(3)23(28)30-18-12-15-8-6-7-9-16(15)13(18)2/h6-11,13-14,18H,5,12H2,1-4H3,(H,25,27)/t13-,14+,18-/m1/s1. The van der Waals surface area contributed by atoms with Crippen LogP contribution in [0, 0.1) is 0 Å². The molecule has 0 saturated heterocycles. The summed E-state index contributed by atoms with van der Waals surface area (Å²) in [5, 5.41) is 2.57. The fourth-order valence-corrected chi connectivity index (χ4v) is 3.51. The summed E-state index contributed by atoms with van der Waals surface area (Å²) in [6.07, 6.45) is 1.82. The lowest BCUT2D eigenvalue weighted by molar-refractivity contribution is -0.151. The number of fused-ring (bicyclic) bond motifs is 1. The van der Waals surface area contributed by atoms with E-state index in [9.17, 15) is 14.4 Å². The van der Waals surface area contributed by atoms with Crippen LogP contribution in [-0.2, 0) is 20.7 Å². The van der Waals surface area contributed by atoms with Crippen molar-refractivity contribution in [3.05, 3.63) is 53.3 Å². The Labute approximate surface area is 180 Å². The molecule has 1 aliphatic rings. The van der Waals surface area contributed by atoms with Crippen LogP contribution in [0.15, 0.2) is 36.5 Å². The van der Waals surface area contributed by atoms with Gasteiger partial charge < -0.3 is 19.5 Å². The second kappa shape index (κ2) is 9.59. The van der Waals surface area contributed by atoms with Crippen LogP contribution in [-0.4, -0.2) is 42.1 Å². The second-order valence-electron chi connectivity index (χ2n) is 7.38. The summed E-state index contributed by atoms with van der Waals surface area (Å²) >= 11 is 0. The first-order chi connectivity index (χ1) is 14.8. The molecule has 0 radical (unpaired) electrons. The molecule has 1 heterocycles. The van der Waals surface area contributed by atoms with Crippen LogP contribution >= 0.6 is 0 Å². The maximum atomic E-state index is 12.8. The van der Waals surface area contributed by atoms with Crippen molar-refractivity contribution in [3.63, 3.8) is 0 Å². The van der Waals surface area contributed by atoms with E-state index in [-0.39, 0.29) is 35.6 Å². The van der Waals surface area contributed by atoms with Crippen LogP contribution in [0.25, 0.3) is 0 Å². The van der Waals surface area contributed by atoms with E-state index in [4.69, 9.17) is 14.2 Å². The molecular weight excluding hydrogens is 400 g/mol. The average molecular weight is 426 g/mol. The first kappa shape index (κ1) is 22.3. The number of carbonyl (C=O) groups excluding carboxylic acids is 3. The average Bonchev–Trinajstić information content (AvgIpc) is 3.08. The Balaban J connectivity index is 1.68. The number of carbonyl (C=O) groups is 3. The molecule has 1 amide bonds. The van der Waals surface area contributed by atoms with E-state index in [1.165, 1.54) is 31.9 Å². The molecular formula is C23H26N2O6. The van der Waals surface area contributed by atoms with Crippen LogP contribution in [0.5, 0.6) is 11.5 Å². The number of hydrogen-bond donors (Lipinski definition) is 1. The molecule has 0 saturated carbocycles. The zero-order valence-electron chi connectivity index (χ0n) is 18.0. The molecule has 0 bridgehead atoms. The van der Waals surface area contributed by atoms with Gasteiger partial charge in [-0.2, -0.15) is 0 Å². The number of nitrogens with one attached hydrogen (secondary N) is 1. The quantitative estimate of drug-likeness (QED) is 0.679. The van der Waals surface area contributed by atoms with E-state index < -0.39 is 23.9 Å². The third kappa shape index (κ3) is 4.84. The summed E-state index contributed by atoms with van der Waals surface area (Å²) in [4.78, 5) is 41.2. The zero-order valence-corrected chi connectivity index (χ0v) is 18.0. The zero-order chi connectivity index (χ0) is 22.5. The van der Waals surface area contributed by atoms with Gasteiger partial charge in [-0.15, -0.1) is 0 Å². The highest BCUT2D eigenvalue weighted by atomic mass is 16.6. The molecule has 8 heteroatoms. The van der Waals surface area contributed by atoms with Gasteiger partial charge in [0.15, 0.2) is 11.4 Å². The molecule has 3 rings (SSSR count). The Morgan fingerprint density at radius 3 is 2.65 bits per heavy atom. The van der Waals surface area contributed by atoms with Gasteiger partial charge in [0.1, 0.15) is 12.1 Å². The SMILES string of the molecule is CCC(=O)Oc1c(OC)ccnc1C(=O)N[C@@H](C)C(=O)O[C@@H]1Cc2ccccc2[C@H]1C. The minimum Gasteiger partial charge on any atom is -0.493 e. The molecule has 0 aliphatic heterocycles. The topological polar surface area (TPSA) is 104 Å². The van der Waals surface area contributed by atoms with Crippen molar-refractivity contribution in [1.82, 2.24) is 10.3 Å². The van der Waals surface area contributed by atoms with E-state index >= 15 is 0 Å².